The molecule has 3 heterocycles. The third-order valence-corrected chi connectivity index (χ3v) is 7.01. The number of piperidine rings is 1. The summed E-state index contributed by atoms with van der Waals surface area (Å²) in [6.45, 7) is 6.42. The van der Waals surface area contributed by atoms with Gasteiger partial charge in [-0.1, -0.05) is 11.6 Å². The van der Waals surface area contributed by atoms with E-state index in [1.54, 1.807) is 35.1 Å². The topological polar surface area (TPSA) is 126 Å². The second kappa shape index (κ2) is 11.2. The second-order valence-electron chi connectivity index (χ2n) is 10.0. The van der Waals surface area contributed by atoms with E-state index in [1.165, 1.54) is 6.33 Å². The molecule has 0 bridgehead atoms. The largest absolute Gasteiger partial charge is 0.481 e. The first-order valence-corrected chi connectivity index (χ1v) is 13.2. The van der Waals surface area contributed by atoms with Crippen molar-refractivity contribution < 1.29 is 19.2 Å². The second-order valence-corrected chi connectivity index (χ2v) is 11.2. The van der Waals surface area contributed by atoms with Crippen LogP contribution in [0.5, 0.6) is 5.75 Å². The summed E-state index contributed by atoms with van der Waals surface area (Å²) in [5, 5.41) is 16.4. The van der Waals surface area contributed by atoms with E-state index in [-0.39, 0.29) is 35.2 Å². The zero-order chi connectivity index (χ0) is 27.6. The Kier molecular flexibility index (Phi) is 8.22. The molecule has 0 unspecified atom stereocenters. The maximum atomic E-state index is 12.4. The standard InChI is InChI=1S/C25H28BrClN6O5/c1-25(2,3)38-24(34)32-7-5-15(6-8-32)16-9-19(26)22(20(10-16)33(35)36)37-13-18-21(28-14-29-23(18)27)17-11-30-31(4)12-17/h9-12,14-15H,5-8,13H2,1-4H3. The first kappa shape index (κ1) is 27.8. The highest BCUT2D eigenvalue weighted by Crippen LogP contribution is 2.41. The van der Waals surface area contributed by atoms with Crippen molar-refractivity contribution in [1.29, 1.82) is 0 Å². The molecule has 38 heavy (non-hydrogen) atoms. The van der Waals surface area contributed by atoms with Gasteiger partial charge >= 0.3 is 11.8 Å². The first-order valence-electron chi connectivity index (χ1n) is 12.0. The molecule has 1 saturated heterocycles. The number of rotatable bonds is 6. The highest BCUT2D eigenvalue weighted by atomic mass is 79.9. The molecule has 0 radical (unpaired) electrons. The summed E-state index contributed by atoms with van der Waals surface area (Å²) in [6, 6.07) is 3.38. The Hall–Kier alpha value is -3.25. The number of nitrogens with zero attached hydrogens (tertiary/aromatic N) is 6. The zero-order valence-corrected chi connectivity index (χ0v) is 23.8. The van der Waals surface area contributed by atoms with Crippen molar-refractivity contribution in [2.75, 3.05) is 13.1 Å². The van der Waals surface area contributed by atoms with Crippen molar-refractivity contribution in [1.82, 2.24) is 24.6 Å². The molecule has 0 saturated carbocycles. The molecule has 1 amide bonds. The number of carbonyl (C=O) groups excluding carboxylic acids is 1. The Balaban J connectivity index is 1.53. The van der Waals surface area contributed by atoms with Gasteiger partial charge in [-0.05, 0) is 67.1 Å². The number of nitro benzene ring substituents is 1. The molecule has 1 aliphatic heterocycles. The normalized spacial score (nSPS) is 14.4. The van der Waals surface area contributed by atoms with Crippen molar-refractivity contribution >= 4 is 39.3 Å². The fourth-order valence-corrected chi connectivity index (χ4v) is 5.06. The maximum Gasteiger partial charge on any atom is 0.410 e. The predicted octanol–water partition coefficient (Wildman–Crippen LogP) is 5.89. The monoisotopic (exact) mass is 606 g/mol. The highest BCUT2D eigenvalue weighted by Gasteiger charge is 2.30. The van der Waals surface area contributed by atoms with Crippen molar-refractivity contribution in [3.8, 4) is 17.0 Å². The van der Waals surface area contributed by atoms with Gasteiger partial charge in [0.05, 0.1) is 26.9 Å². The summed E-state index contributed by atoms with van der Waals surface area (Å²) in [5.41, 5.74) is 1.81. The molecule has 0 aliphatic carbocycles. The summed E-state index contributed by atoms with van der Waals surface area (Å²) in [5.74, 6) is 0.133. The Labute approximate surface area is 233 Å². The van der Waals surface area contributed by atoms with Gasteiger partial charge in [0.1, 0.15) is 23.7 Å². The van der Waals surface area contributed by atoms with Gasteiger partial charge in [-0.2, -0.15) is 5.10 Å². The lowest BCUT2D eigenvalue weighted by molar-refractivity contribution is -0.386. The number of likely N-dealkylation sites (tertiary alicyclic amines) is 1. The first-order chi connectivity index (χ1) is 17.9. The number of hydrogen-bond acceptors (Lipinski definition) is 8. The van der Waals surface area contributed by atoms with E-state index in [9.17, 15) is 14.9 Å². The molecule has 1 fully saturated rings. The van der Waals surface area contributed by atoms with Gasteiger partial charge in [0, 0.05) is 38.0 Å². The van der Waals surface area contributed by atoms with Crippen LogP contribution in [0.3, 0.4) is 0 Å². The number of benzene rings is 1. The molecule has 3 aromatic rings. The molecule has 0 N–H and O–H groups in total. The third kappa shape index (κ3) is 6.41. The minimum absolute atomic E-state index is 0.0480. The van der Waals surface area contributed by atoms with Crippen LogP contribution < -0.4 is 4.74 Å². The molecule has 2 aromatic heterocycles. The number of carbonyl (C=O) groups is 1. The summed E-state index contributed by atoms with van der Waals surface area (Å²) < 4.78 is 13.5. The van der Waals surface area contributed by atoms with Gasteiger partial charge in [0.15, 0.2) is 0 Å². The van der Waals surface area contributed by atoms with E-state index in [1.807, 2.05) is 26.8 Å². The van der Waals surface area contributed by atoms with Crippen molar-refractivity contribution in [2.45, 2.75) is 51.7 Å². The molecule has 1 aromatic carbocycles. The van der Waals surface area contributed by atoms with Crippen LogP contribution >= 0.6 is 27.5 Å². The lowest BCUT2D eigenvalue weighted by Crippen LogP contribution is -2.41. The Morgan fingerprint density at radius 3 is 2.58 bits per heavy atom. The Morgan fingerprint density at radius 2 is 1.97 bits per heavy atom. The van der Waals surface area contributed by atoms with E-state index in [0.717, 1.165) is 11.1 Å². The molecule has 0 spiro atoms. The van der Waals surface area contributed by atoms with Gasteiger partial charge in [0.25, 0.3) is 0 Å². The zero-order valence-electron chi connectivity index (χ0n) is 21.5. The van der Waals surface area contributed by atoms with Gasteiger partial charge in [-0.3, -0.25) is 14.8 Å². The molecule has 0 atom stereocenters. The van der Waals surface area contributed by atoms with Crippen LogP contribution in [0.4, 0.5) is 10.5 Å². The number of ether oxygens (including phenoxy) is 2. The van der Waals surface area contributed by atoms with E-state index in [2.05, 4.69) is 31.0 Å². The number of halogens is 2. The van der Waals surface area contributed by atoms with E-state index in [0.29, 0.717) is 41.7 Å². The SMILES string of the molecule is Cn1cc(-c2ncnc(Cl)c2COc2c(Br)cc(C3CCN(C(=O)OC(C)(C)C)CC3)cc2[N+](=O)[O-])cn1. The van der Waals surface area contributed by atoms with Crippen LogP contribution in [0.2, 0.25) is 5.15 Å². The van der Waals surface area contributed by atoms with Crippen LogP contribution in [0, 0.1) is 10.1 Å². The molecule has 4 rings (SSSR count). The Bertz CT molecular complexity index is 1350. The highest BCUT2D eigenvalue weighted by molar-refractivity contribution is 9.10. The van der Waals surface area contributed by atoms with Crippen LogP contribution in [0.15, 0.2) is 35.3 Å². The van der Waals surface area contributed by atoms with E-state index in [4.69, 9.17) is 21.1 Å². The fraction of sp³-hybridized carbons (Fsp3) is 0.440. The summed E-state index contributed by atoms with van der Waals surface area (Å²) >= 11 is 9.82. The fourth-order valence-electron chi connectivity index (χ4n) is 4.29. The van der Waals surface area contributed by atoms with Crippen molar-refractivity contribution in [3.63, 3.8) is 0 Å². The minimum atomic E-state index is -0.565. The van der Waals surface area contributed by atoms with Gasteiger partial charge < -0.3 is 14.4 Å². The van der Waals surface area contributed by atoms with Crippen molar-refractivity contribution in [3.05, 3.63) is 61.7 Å². The lowest BCUT2D eigenvalue weighted by Gasteiger charge is -2.33. The molecule has 11 nitrogen and oxygen atoms in total. The van der Waals surface area contributed by atoms with Gasteiger partial charge in [-0.15, -0.1) is 0 Å². The predicted molar refractivity (Wildman–Crippen MR) is 144 cm³/mol. The van der Waals surface area contributed by atoms with Crippen molar-refractivity contribution in [2.24, 2.45) is 7.05 Å². The number of nitro groups is 1. The molecule has 13 heteroatoms. The quantitative estimate of drug-likeness (QED) is 0.193. The molecule has 1 aliphatic rings. The number of aromatic nitrogens is 4. The maximum absolute atomic E-state index is 12.4. The van der Waals surface area contributed by atoms with Crippen LogP contribution in [-0.2, 0) is 18.4 Å². The molecule has 202 valence electrons. The van der Waals surface area contributed by atoms with Gasteiger partial charge in [0.2, 0.25) is 5.75 Å². The third-order valence-electron chi connectivity index (χ3n) is 6.09. The smallest absolute Gasteiger partial charge is 0.410 e. The van der Waals surface area contributed by atoms with Crippen LogP contribution in [-0.4, -0.2) is 54.4 Å². The van der Waals surface area contributed by atoms with E-state index < -0.39 is 10.5 Å². The number of aryl methyl sites for hydroxylation is 1. The number of amides is 1. The van der Waals surface area contributed by atoms with Gasteiger partial charge in [-0.25, -0.2) is 14.8 Å². The molecular weight excluding hydrogens is 580 g/mol. The van der Waals surface area contributed by atoms with Crippen LogP contribution in [0.1, 0.15) is 50.7 Å². The number of hydrogen-bond donors (Lipinski definition) is 0. The minimum Gasteiger partial charge on any atom is -0.481 e. The summed E-state index contributed by atoms with van der Waals surface area (Å²) in [4.78, 5) is 34.0. The summed E-state index contributed by atoms with van der Waals surface area (Å²) in [6.07, 6.45) is 5.74. The Morgan fingerprint density at radius 1 is 1.26 bits per heavy atom. The summed E-state index contributed by atoms with van der Waals surface area (Å²) in [7, 11) is 1.78. The average molecular weight is 608 g/mol. The van der Waals surface area contributed by atoms with Crippen LogP contribution in [0.25, 0.3) is 11.3 Å². The average Bonchev–Trinajstić information content (AvgIpc) is 3.28. The molecular formula is C25H28BrClN6O5. The lowest BCUT2D eigenvalue weighted by atomic mass is 9.89. The van der Waals surface area contributed by atoms with E-state index >= 15 is 0 Å².